The summed E-state index contributed by atoms with van der Waals surface area (Å²) in [5.74, 6) is 0.0389. The van der Waals surface area contributed by atoms with Gasteiger partial charge in [0, 0.05) is 6.04 Å². The molecule has 1 aromatic rings. The predicted molar refractivity (Wildman–Crippen MR) is 77.9 cm³/mol. The molecule has 110 valence electrons. The fourth-order valence-electron chi connectivity index (χ4n) is 1.55. The number of ether oxygens (including phenoxy) is 1. The molecule has 0 fully saturated rings. The Balaban J connectivity index is 2.51. The molecule has 0 heterocycles. The van der Waals surface area contributed by atoms with Crippen LogP contribution in [0.3, 0.4) is 0 Å². The summed E-state index contributed by atoms with van der Waals surface area (Å²) in [7, 11) is 1.56. The third-order valence-electron chi connectivity index (χ3n) is 2.51. The molecular formula is C14H19ClN2O3. The van der Waals surface area contributed by atoms with Crippen molar-refractivity contribution in [2.45, 2.75) is 25.3 Å². The van der Waals surface area contributed by atoms with E-state index in [9.17, 15) is 9.59 Å². The van der Waals surface area contributed by atoms with Crippen LogP contribution in [0.4, 0.5) is 0 Å². The number of halogens is 1. The average Bonchev–Trinajstić information content (AvgIpc) is 2.43. The number of benzene rings is 1. The lowest BCUT2D eigenvalue weighted by atomic mass is 10.1. The van der Waals surface area contributed by atoms with E-state index in [-0.39, 0.29) is 18.5 Å². The third kappa shape index (κ3) is 5.09. The predicted octanol–water partition coefficient (Wildman–Crippen LogP) is 1.62. The summed E-state index contributed by atoms with van der Waals surface area (Å²) in [6, 6.07) is 6.91. The molecule has 2 amide bonds. The maximum Gasteiger partial charge on any atom is 0.243 e. The number of hydrogen-bond donors (Lipinski definition) is 2. The van der Waals surface area contributed by atoms with Crippen LogP contribution in [0.1, 0.15) is 24.8 Å². The van der Waals surface area contributed by atoms with Gasteiger partial charge in [0.2, 0.25) is 11.8 Å². The van der Waals surface area contributed by atoms with Gasteiger partial charge in [-0.25, -0.2) is 0 Å². The van der Waals surface area contributed by atoms with Crippen LogP contribution in [0, 0.1) is 0 Å². The molecule has 0 spiro atoms. The highest BCUT2D eigenvalue weighted by Gasteiger charge is 2.18. The van der Waals surface area contributed by atoms with Gasteiger partial charge in [-0.15, -0.1) is 11.6 Å². The molecule has 0 aromatic heterocycles. The van der Waals surface area contributed by atoms with Gasteiger partial charge in [0.25, 0.3) is 0 Å². The van der Waals surface area contributed by atoms with E-state index in [0.717, 1.165) is 0 Å². The molecule has 0 radical (unpaired) electrons. The molecule has 1 atom stereocenters. The molecule has 0 aliphatic rings. The zero-order chi connectivity index (χ0) is 15.1. The number of alkyl halides is 1. The summed E-state index contributed by atoms with van der Waals surface area (Å²) < 4.78 is 5.03. The summed E-state index contributed by atoms with van der Waals surface area (Å²) in [5, 5.41) is 4.34. The van der Waals surface area contributed by atoms with E-state index in [1.807, 2.05) is 13.8 Å². The van der Waals surface area contributed by atoms with Crippen molar-refractivity contribution in [2.75, 3.05) is 13.7 Å². The number of rotatable bonds is 6. The molecule has 20 heavy (non-hydrogen) atoms. The second kappa shape index (κ2) is 7.75. The van der Waals surface area contributed by atoms with Gasteiger partial charge in [-0.1, -0.05) is 12.1 Å². The third-order valence-corrected chi connectivity index (χ3v) is 2.96. The molecule has 1 unspecified atom stereocenters. The number of hydrogen-bond acceptors (Lipinski definition) is 3. The van der Waals surface area contributed by atoms with Crippen molar-refractivity contribution in [3.63, 3.8) is 0 Å². The summed E-state index contributed by atoms with van der Waals surface area (Å²) in [6.07, 6.45) is 0. The van der Waals surface area contributed by atoms with E-state index in [1.54, 1.807) is 31.4 Å². The number of methoxy groups -OCH3 is 1. The molecule has 1 aromatic carbocycles. The fourth-order valence-corrected chi connectivity index (χ4v) is 1.78. The Bertz CT molecular complexity index is 460. The molecule has 2 N–H and O–H groups in total. The lowest BCUT2D eigenvalue weighted by Crippen LogP contribution is -2.40. The topological polar surface area (TPSA) is 67.4 Å². The van der Waals surface area contributed by atoms with Crippen LogP contribution >= 0.6 is 11.6 Å². The Morgan fingerprint density at radius 2 is 1.85 bits per heavy atom. The van der Waals surface area contributed by atoms with Crippen LogP contribution < -0.4 is 15.4 Å². The van der Waals surface area contributed by atoms with Gasteiger partial charge in [0.15, 0.2) is 0 Å². The second-order valence-corrected chi connectivity index (χ2v) is 5.01. The van der Waals surface area contributed by atoms with Crippen molar-refractivity contribution in [2.24, 2.45) is 0 Å². The molecule has 0 aliphatic carbocycles. The van der Waals surface area contributed by atoms with E-state index in [0.29, 0.717) is 11.3 Å². The van der Waals surface area contributed by atoms with Crippen LogP contribution in [-0.4, -0.2) is 31.5 Å². The van der Waals surface area contributed by atoms with E-state index in [1.165, 1.54) is 0 Å². The Hall–Kier alpha value is -1.75. The molecule has 0 saturated carbocycles. The van der Waals surface area contributed by atoms with Crippen molar-refractivity contribution >= 4 is 23.4 Å². The minimum atomic E-state index is -0.840. The Labute approximate surface area is 123 Å². The lowest BCUT2D eigenvalue weighted by Gasteiger charge is -2.12. The molecule has 0 aliphatic heterocycles. The van der Waals surface area contributed by atoms with E-state index in [2.05, 4.69) is 10.6 Å². The van der Waals surface area contributed by atoms with Crippen LogP contribution in [0.2, 0.25) is 0 Å². The molecule has 0 bridgehead atoms. The maximum atomic E-state index is 11.8. The van der Waals surface area contributed by atoms with Gasteiger partial charge >= 0.3 is 0 Å². The van der Waals surface area contributed by atoms with Gasteiger partial charge < -0.3 is 15.4 Å². The molecule has 0 saturated heterocycles. The zero-order valence-corrected chi connectivity index (χ0v) is 12.5. The van der Waals surface area contributed by atoms with Crippen LogP contribution in [0.5, 0.6) is 5.75 Å². The summed E-state index contributed by atoms with van der Waals surface area (Å²) >= 11 is 6.06. The number of carbonyl (C=O) groups is 2. The average molecular weight is 299 g/mol. The first-order valence-corrected chi connectivity index (χ1v) is 6.72. The number of nitrogens with one attached hydrogen (secondary N) is 2. The quantitative estimate of drug-likeness (QED) is 0.784. The van der Waals surface area contributed by atoms with Gasteiger partial charge in [-0.2, -0.15) is 0 Å². The highest BCUT2D eigenvalue weighted by atomic mass is 35.5. The monoisotopic (exact) mass is 298 g/mol. The van der Waals surface area contributed by atoms with E-state index >= 15 is 0 Å². The minimum absolute atomic E-state index is 0.0350. The number of carbonyl (C=O) groups excluding carboxylic acids is 2. The molecule has 6 heteroatoms. The SMILES string of the molecule is COc1ccc(C(Cl)C(=O)NCC(=O)NC(C)C)cc1. The standard InChI is InChI=1S/C14H19ClN2O3/c1-9(2)17-12(18)8-16-14(19)13(15)10-4-6-11(20-3)7-5-10/h4-7,9,13H,8H2,1-3H3,(H,16,19)(H,17,18). The summed E-state index contributed by atoms with van der Waals surface area (Å²) in [5.41, 5.74) is 0.647. The summed E-state index contributed by atoms with van der Waals surface area (Å²) in [4.78, 5) is 23.2. The largest absolute Gasteiger partial charge is 0.497 e. The van der Waals surface area contributed by atoms with Crippen molar-refractivity contribution in [3.8, 4) is 5.75 Å². The Morgan fingerprint density at radius 3 is 2.35 bits per heavy atom. The van der Waals surface area contributed by atoms with E-state index < -0.39 is 11.3 Å². The highest BCUT2D eigenvalue weighted by molar-refractivity contribution is 6.30. The van der Waals surface area contributed by atoms with Crippen molar-refractivity contribution in [3.05, 3.63) is 29.8 Å². The first-order valence-electron chi connectivity index (χ1n) is 6.29. The number of amides is 2. The molecular weight excluding hydrogens is 280 g/mol. The Morgan fingerprint density at radius 1 is 1.25 bits per heavy atom. The molecule has 1 rings (SSSR count). The minimum Gasteiger partial charge on any atom is -0.497 e. The first kappa shape index (κ1) is 16.3. The summed E-state index contributed by atoms with van der Waals surface area (Å²) in [6.45, 7) is 3.61. The van der Waals surface area contributed by atoms with Gasteiger partial charge in [-0.3, -0.25) is 9.59 Å². The first-order chi connectivity index (χ1) is 9.43. The van der Waals surface area contributed by atoms with E-state index in [4.69, 9.17) is 16.3 Å². The van der Waals surface area contributed by atoms with Crippen LogP contribution in [0.15, 0.2) is 24.3 Å². The Kier molecular flexibility index (Phi) is 6.31. The maximum absolute atomic E-state index is 11.8. The second-order valence-electron chi connectivity index (χ2n) is 4.58. The zero-order valence-electron chi connectivity index (χ0n) is 11.8. The van der Waals surface area contributed by atoms with Crippen molar-refractivity contribution in [1.82, 2.24) is 10.6 Å². The van der Waals surface area contributed by atoms with Gasteiger partial charge in [-0.05, 0) is 31.5 Å². The highest BCUT2D eigenvalue weighted by Crippen LogP contribution is 2.22. The smallest absolute Gasteiger partial charge is 0.243 e. The van der Waals surface area contributed by atoms with Gasteiger partial charge in [0.1, 0.15) is 11.1 Å². The lowest BCUT2D eigenvalue weighted by molar-refractivity contribution is -0.126. The van der Waals surface area contributed by atoms with Crippen LogP contribution in [-0.2, 0) is 9.59 Å². The van der Waals surface area contributed by atoms with Crippen molar-refractivity contribution < 1.29 is 14.3 Å². The van der Waals surface area contributed by atoms with Crippen molar-refractivity contribution in [1.29, 1.82) is 0 Å². The fraction of sp³-hybridized carbons (Fsp3) is 0.429. The van der Waals surface area contributed by atoms with Crippen LogP contribution in [0.25, 0.3) is 0 Å². The molecule has 5 nitrogen and oxygen atoms in total. The van der Waals surface area contributed by atoms with Gasteiger partial charge in [0.05, 0.1) is 13.7 Å². The normalized spacial score (nSPS) is 11.8.